The third kappa shape index (κ3) is 6.01. The van der Waals surface area contributed by atoms with Crippen molar-refractivity contribution in [2.24, 2.45) is 0 Å². The van der Waals surface area contributed by atoms with E-state index < -0.39 is 0 Å². The van der Waals surface area contributed by atoms with Crippen LogP contribution in [-0.4, -0.2) is 36.3 Å². The summed E-state index contributed by atoms with van der Waals surface area (Å²) in [7, 11) is 1.77. The van der Waals surface area contributed by atoms with E-state index in [1.54, 1.807) is 36.2 Å². The van der Waals surface area contributed by atoms with Gasteiger partial charge in [-0.25, -0.2) is 0 Å². The molecule has 0 radical (unpaired) electrons. The van der Waals surface area contributed by atoms with Gasteiger partial charge in [0.25, 0.3) is 5.91 Å². The lowest BCUT2D eigenvalue weighted by molar-refractivity contribution is -0.115. The molecule has 26 heavy (non-hydrogen) atoms. The van der Waals surface area contributed by atoms with E-state index in [1.807, 2.05) is 37.3 Å². The van der Waals surface area contributed by atoms with E-state index in [0.29, 0.717) is 23.8 Å². The Bertz CT molecular complexity index is 731. The van der Waals surface area contributed by atoms with Gasteiger partial charge in [-0.2, -0.15) is 0 Å². The van der Waals surface area contributed by atoms with E-state index in [1.165, 1.54) is 0 Å². The molecule has 138 valence electrons. The summed E-state index contributed by atoms with van der Waals surface area (Å²) in [6.07, 6.45) is 0.963. The van der Waals surface area contributed by atoms with Crippen LogP contribution in [0, 0.1) is 0 Å². The molecule has 2 rings (SSSR count). The van der Waals surface area contributed by atoms with Gasteiger partial charge in [0.15, 0.2) is 0 Å². The van der Waals surface area contributed by atoms with E-state index in [-0.39, 0.29) is 18.4 Å². The largest absolute Gasteiger partial charge is 0.337 e. The fourth-order valence-electron chi connectivity index (χ4n) is 2.50. The number of nitrogens with one attached hydrogen (secondary N) is 2. The highest BCUT2D eigenvalue weighted by Gasteiger charge is 2.13. The van der Waals surface area contributed by atoms with Gasteiger partial charge in [0.2, 0.25) is 5.91 Å². The predicted molar refractivity (Wildman–Crippen MR) is 105 cm³/mol. The average molecular weight is 353 g/mol. The number of carbonyl (C=O) groups excluding carboxylic acids is 2. The lowest BCUT2D eigenvalue weighted by atomic mass is 10.1. The Balaban J connectivity index is 1.96. The molecule has 0 aliphatic carbocycles. The van der Waals surface area contributed by atoms with Crippen molar-refractivity contribution in [1.82, 2.24) is 10.2 Å². The minimum Gasteiger partial charge on any atom is -0.337 e. The Morgan fingerprint density at radius 1 is 1.08 bits per heavy atom. The van der Waals surface area contributed by atoms with Crippen LogP contribution in [0.2, 0.25) is 0 Å². The molecule has 5 nitrogen and oxygen atoms in total. The summed E-state index contributed by atoms with van der Waals surface area (Å²) >= 11 is 0. The second kappa shape index (κ2) is 9.73. The molecule has 0 fully saturated rings. The molecule has 1 unspecified atom stereocenters. The van der Waals surface area contributed by atoms with Crippen molar-refractivity contribution >= 4 is 17.5 Å². The summed E-state index contributed by atoms with van der Waals surface area (Å²) in [6, 6.07) is 17.2. The van der Waals surface area contributed by atoms with Gasteiger partial charge < -0.3 is 15.5 Å². The van der Waals surface area contributed by atoms with Crippen LogP contribution >= 0.6 is 0 Å². The number of nitrogens with zero attached hydrogens (tertiary/aromatic N) is 1. The molecule has 2 N–H and O–H groups in total. The molecule has 0 aliphatic heterocycles. The first-order chi connectivity index (χ1) is 12.5. The Labute approximate surface area is 155 Å². The van der Waals surface area contributed by atoms with Gasteiger partial charge in [-0.15, -0.1) is 0 Å². The average Bonchev–Trinajstić information content (AvgIpc) is 2.66. The number of amides is 2. The number of benzene rings is 2. The molecule has 0 bridgehead atoms. The van der Waals surface area contributed by atoms with Gasteiger partial charge in [0.05, 0.1) is 6.54 Å². The van der Waals surface area contributed by atoms with E-state index in [9.17, 15) is 9.59 Å². The maximum Gasteiger partial charge on any atom is 0.253 e. The fraction of sp³-hybridized carbons (Fsp3) is 0.333. The van der Waals surface area contributed by atoms with Crippen LogP contribution in [0.3, 0.4) is 0 Å². The van der Waals surface area contributed by atoms with E-state index in [0.717, 1.165) is 12.0 Å². The number of anilines is 1. The molecular formula is C21H27N3O2. The zero-order valence-corrected chi connectivity index (χ0v) is 15.7. The maximum absolute atomic E-state index is 12.6. The number of rotatable bonds is 8. The highest BCUT2D eigenvalue weighted by atomic mass is 16.2. The quantitative estimate of drug-likeness (QED) is 0.765. The van der Waals surface area contributed by atoms with Gasteiger partial charge in [0.1, 0.15) is 0 Å². The van der Waals surface area contributed by atoms with E-state index >= 15 is 0 Å². The van der Waals surface area contributed by atoms with Crippen molar-refractivity contribution in [3.63, 3.8) is 0 Å². The van der Waals surface area contributed by atoms with Crippen LogP contribution in [0.5, 0.6) is 0 Å². The molecular weight excluding hydrogens is 326 g/mol. The van der Waals surface area contributed by atoms with E-state index in [2.05, 4.69) is 17.6 Å². The molecule has 0 saturated carbocycles. The van der Waals surface area contributed by atoms with Crippen LogP contribution < -0.4 is 10.6 Å². The molecule has 0 aliphatic rings. The molecule has 0 heterocycles. The zero-order valence-electron chi connectivity index (χ0n) is 15.7. The van der Waals surface area contributed by atoms with Gasteiger partial charge >= 0.3 is 0 Å². The van der Waals surface area contributed by atoms with Gasteiger partial charge in [0, 0.05) is 30.9 Å². The number of carbonyl (C=O) groups is 2. The molecule has 5 heteroatoms. The first kappa shape index (κ1) is 19.7. The summed E-state index contributed by atoms with van der Waals surface area (Å²) in [5.74, 6) is -0.199. The first-order valence-corrected chi connectivity index (χ1v) is 8.92. The molecule has 2 aromatic carbocycles. The third-order valence-electron chi connectivity index (χ3n) is 4.23. The van der Waals surface area contributed by atoms with Crippen molar-refractivity contribution in [3.8, 4) is 0 Å². The van der Waals surface area contributed by atoms with Crippen molar-refractivity contribution in [2.75, 3.05) is 18.9 Å². The summed E-state index contributed by atoms with van der Waals surface area (Å²) in [5.41, 5.74) is 2.25. The molecule has 2 aromatic rings. The Kier molecular flexibility index (Phi) is 7.36. The second-order valence-electron chi connectivity index (χ2n) is 6.47. The fourth-order valence-corrected chi connectivity index (χ4v) is 2.50. The molecule has 0 spiro atoms. The molecule has 0 saturated heterocycles. The third-order valence-corrected chi connectivity index (χ3v) is 4.23. The predicted octanol–water partition coefficient (Wildman–Crippen LogP) is 3.29. The van der Waals surface area contributed by atoms with Gasteiger partial charge in [-0.3, -0.25) is 9.59 Å². The van der Waals surface area contributed by atoms with Crippen molar-refractivity contribution in [2.45, 2.75) is 32.9 Å². The minimum absolute atomic E-state index is 0.0808. The first-order valence-electron chi connectivity index (χ1n) is 8.92. The zero-order chi connectivity index (χ0) is 18.9. The topological polar surface area (TPSA) is 61.4 Å². The normalized spacial score (nSPS) is 11.7. The molecule has 0 aromatic heterocycles. The van der Waals surface area contributed by atoms with Gasteiger partial charge in [-0.05, 0) is 37.1 Å². The highest BCUT2D eigenvalue weighted by Crippen LogP contribution is 2.14. The monoisotopic (exact) mass is 353 g/mol. The molecule has 1 atom stereocenters. The summed E-state index contributed by atoms with van der Waals surface area (Å²) in [6.45, 7) is 4.89. The maximum atomic E-state index is 12.6. The van der Waals surface area contributed by atoms with Crippen molar-refractivity contribution < 1.29 is 9.59 Å². The summed E-state index contributed by atoms with van der Waals surface area (Å²) in [5, 5.41) is 5.98. The van der Waals surface area contributed by atoms with Crippen LogP contribution in [-0.2, 0) is 11.3 Å². The van der Waals surface area contributed by atoms with Crippen LogP contribution in [0.25, 0.3) is 0 Å². The Morgan fingerprint density at radius 3 is 2.50 bits per heavy atom. The second-order valence-corrected chi connectivity index (χ2v) is 6.47. The smallest absolute Gasteiger partial charge is 0.253 e. The number of hydrogen-bond acceptors (Lipinski definition) is 3. The highest BCUT2D eigenvalue weighted by molar-refractivity contribution is 5.97. The number of hydrogen-bond donors (Lipinski definition) is 2. The molecule has 2 amide bonds. The Morgan fingerprint density at radius 2 is 1.81 bits per heavy atom. The SMILES string of the molecule is CCC(C)NCC(=O)Nc1cccc(C(=O)N(C)Cc2ccccc2)c1. The summed E-state index contributed by atoms with van der Waals surface area (Å²) < 4.78 is 0. The Hall–Kier alpha value is -2.66. The summed E-state index contributed by atoms with van der Waals surface area (Å²) in [4.78, 5) is 26.3. The van der Waals surface area contributed by atoms with Crippen LogP contribution in [0.1, 0.15) is 36.2 Å². The van der Waals surface area contributed by atoms with Crippen LogP contribution in [0.4, 0.5) is 5.69 Å². The van der Waals surface area contributed by atoms with Crippen molar-refractivity contribution in [1.29, 1.82) is 0 Å². The van der Waals surface area contributed by atoms with Crippen molar-refractivity contribution in [3.05, 3.63) is 65.7 Å². The lowest BCUT2D eigenvalue weighted by Crippen LogP contribution is -2.34. The lowest BCUT2D eigenvalue weighted by Gasteiger charge is -2.18. The van der Waals surface area contributed by atoms with E-state index in [4.69, 9.17) is 0 Å². The van der Waals surface area contributed by atoms with Gasteiger partial charge in [-0.1, -0.05) is 43.3 Å². The van der Waals surface area contributed by atoms with Crippen LogP contribution in [0.15, 0.2) is 54.6 Å². The minimum atomic E-state index is -0.118. The standard InChI is InChI=1S/C21H27N3O2/c1-4-16(2)22-14-20(25)23-19-12-8-11-18(13-19)21(26)24(3)15-17-9-6-5-7-10-17/h5-13,16,22H,4,14-15H2,1-3H3,(H,23,25).